The van der Waals surface area contributed by atoms with Gasteiger partial charge in [-0.15, -0.1) is 0 Å². The lowest BCUT2D eigenvalue weighted by Gasteiger charge is -2.12. The monoisotopic (exact) mass is 282 g/mol. The Bertz CT molecular complexity index is 154. The van der Waals surface area contributed by atoms with E-state index in [0.717, 1.165) is 0 Å². The van der Waals surface area contributed by atoms with E-state index in [1.807, 2.05) is 0 Å². The van der Waals surface area contributed by atoms with E-state index in [4.69, 9.17) is 0 Å². The van der Waals surface area contributed by atoms with Crippen LogP contribution >= 0.6 is 0 Å². The number of hydrogen-bond donors (Lipinski definition) is 0. The van der Waals surface area contributed by atoms with Crippen molar-refractivity contribution in [3.8, 4) is 0 Å². The van der Waals surface area contributed by atoms with Crippen LogP contribution in [0.15, 0.2) is 0 Å². The van der Waals surface area contributed by atoms with Crippen LogP contribution in [0.25, 0.3) is 0 Å². The summed E-state index contributed by atoms with van der Waals surface area (Å²) >= 11 is 0. The number of halogens is 9. The average Bonchev–Trinajstić information content (AvgIpc) is 2.01. The third-order valence-corrected chi connectivity index (χ3v) is 0.649. The van der Waals surface area contributed by atoms with Gasteiger partial charge in [-0.3, -0.25) is 0 Å². The molecule has 0 aromatic rings. The maximum atomic E-state index is 11.1. The Labute approximate surface area is 91.5 Å². The van der Waals surface area contributed by atoms with Crippen molar-refractivity contribution < 1.29 is 44.3 Å². The van der Waals surface area contributed by atoms with Crippen molar-refractivity contribution in [1.82, 2.24) is 0 Å². The molecular formula is C7H11F9O. The van der Waals surface area contributed by atoms with E-state index >= 15 is 0 Å². The second-order valence-corrected chi connectivity index (χ2v) is 2.54. The molecule has 10 heteroatoms. The van der Waals surface area contributed by atoms with Crippen molar-refractivity contribution in [2.75, 3.05) is 20.9 Å². The van der Waals surface area contributed by atoms with Crippen LogP contribution in [0.5, 0.6) is 0 Å². The third-order valence-electron chi connectivity index (χ3n) is 0.649. The van der Waals surface area contributed by atoms with E-state index in [9.17, 15) is 39.5 Å². The van der Waals surface area contributed by atoms with Gasteiger partial charge in [-0.25, -0.2) is 4.39 Å². The van der Waals surface area contributed by atoms with Gasteiger partial charge in [0.05, 0.1) is 0 Å². The van der Waals surface area contributed by atoms with E-state index < -0.39 is 24.9 Å². The van der Waals surface area contributed by atoms with E-state index in [1.165, 1.54) is 0 Å². The van der Waals surface area contributed by atoms with Gasteiger partial charge >= 0.3 is 18.3 Å². The van der Waals surface area contributed by atoms with Crippen LogP contribution in [0.3, 0.4) is 0 Å². The molecule has 0 unspecified atom stereocenters. The maximum Gasteiger partial charge on any atom is 0.452 e. The number of ether oxygens (including phenoxy) is 1. The van der Waals surface area contributed by atoms with Gasteiger partial charge < -0.3 is 4.74 Å². The van der Waals surface area contributed by atoms with Crippen molar-refractivity contribution in [1.29, 1.82) is 0 Å². The number of rotatable bonds is 0. The Balaban J connectivity index is -0.000000193. The van der Waals surface area contributed by atoms with Crippen LogP contribution in [-0.4, -0.2) is 39.2 Å². The minimum atomic E-state index is -5.40. The summed E-state index contributed by atoms with van der Waals surface area (Å²) in [5.74, 6) is -4.56. The fourth-order valence-corrected chi connectivity index (χ4v) is 0. The molecule has 0 saturated heterocycles. The van der Waals surface area contributed by atoms with Crippen molar-refractivity contribution >= 4 is 0 Å². The summed E-state index contributed by atoms with van der Waals surface area (Å²) in [7, 11) is 3.25. The van der Waals surface area contributed by atoms with Crippen molar-refractivity contribution in [3.63, 3.8) is 0 Å². The summed E-state index contributed by atoms with van der Waals surface area (Å²) in [6.45, 7) is -2.42. The van der Waals surface area contributed by atoms with Crippen LogP contribution in [-0.2, 0) is 4.74 Å². The summed E-state index contributed by atoms with van der Waals surface area (Å²) in [4.78, 5) is 0. The standard InChI is InChI=1S/C3H3F5.C2H2F4.C2H6O/c1-2(4,5)3(6,7)8;3-1-2(4,5)6;1-3-2/h1H3;1H2;1-2H3. The number of methoxy groups -OCH3 is 1. The van der Waals surface area contributed by atoms with Gasteiger partial charge in [-0.05, 0) is 0 Å². The zero-order valence-electron chi connectivity index (χ0n) is 9.02. The Hall–Kier alpha value is -0.670. The number of hydrogen-bond acceptors (Lipinski definition) is 1. The molecule has 108 valence electrons. The van der Waals surface area contributed by atoms with Gasteiger partial charge in [0.2, 0.25) is 0 Å². The predicted molar refractivity (Wildman–Crippen MR) is 41.6 cm³/mol. The highest BCUT2D eigenvalue weighted by molar-refractivity contribution is 4.67. The van der Waals surface area contributed by atoms with Gasteiger partial charge in [0.15, 0.2) is 6.67 Å². The Morgan fingerprint density at radius 3 is 0.941 bits per heavy atom. The van der Waals surface area contributed by atoms with E-state index in [-0.39, 0.29) is 6.92 Å². The fourth-order valence-electron chi connectivity index (χ4n) is 0. The first-order valence-corrected chi connectivity index (χ1v) is 3.70. The Kier molecular flexibility index (Phi) is 10.7. The van der Waals surface area contributed by atoms with Crippen LogP contribution < -0.4 is 0 Å². The van der Waals surface area contributed by atoms with Gasteiger partial charge in [0.25, 0.3) is 0 Å². The van der Waals surface area contributed by atoms with E-state index in [2.05, 4.69) is 4.74 Å². The molecule has 0 aromatic heterocycles. The molecule has 0 rings (SSSR count). The average molecular weight is 282 g/mol. The van der Waals surface area contributed by atoms with Crippen LogP contribution in [0, 0.1) is 0 Å². The van der Waals surface area contributed by atoms with Crippen LogP contribution in [0.2, 0.25) is 0 Å². The second-order valence-electron chi connectivity index (χ2n) is 2.54. The molecule has 0 atom stereocenters. The molecule has 0 fully saturated rings. The first kappa shape index (κ1) is 21.6. The Morgan fingerprint density at radius 1 is 0.824 bits per heavy atom. The van der Waals surface area contributed by atoms with Crippen LogP contribution in [0.1, 0.15) is 6.92 Å². The summed E-state index contributed by atoms with van der Waals surface area (Å²) in [5.41, 5.74) is 0. The highest BCUT2D eigenvalue weighted by Gasteiger charge is 2.52. The molecule has 0 aliphatic rings. The van der Waals surface area contributed by atoms with E-state index in [0.29, 0.717) is 0 Å². The molecule has 1 nitrogen and oxygen atoms in total. The summed E-state index contributed by atoms with van der Waals surface area (Å²) in [6.07, 6.45) is -10.0. The molecule has 0 heterocycles. The lowest BCUT2D eigenvalue weighted by Crippen LogP contribution is -2.32. The molecule has 0 aromatic carbocycles. The zero-order valence-corrected chi connectivity index (χ0v) is 9.02. The van der Waals surface area contributed by atoms with Gasteiger partial charge in [-0.2, -0.15) is 35.1 Å². The fraction of sp³-hybridized carbons (Fsp3) is 1.00. The molecule has 0 saturated carbocycles. The SMILES string of the molecule is CC(F)(F)C(F)(F)F.COC.FCC(F)(F)F. The minimum Gasteiger partial charge on any atom is -0.388 e. The lowest BCUT2D eigenvalue weighted by atomic mass is 10.4. The highest BCUT2D eigenvalue weighted by atomic mass is 19.4. The summed E-state index contributed by atoms with van der Waals surface area (Å²) in [6, 6.07) is 0. The predicted octanol–water partition coefficient (Wildman–Crippen LogP) is 3.98. The molecule has 0 spiro atoms. The quantitative estimate of drug-likeness (QED) is 0.610. The van der Waals surface area contributed by atoms with E-state index in [1.54, 1.807) is 14.2 Å². The second kappa shape index (κ2) is 8.43. The normalized spacial score (nSPS) is 12.0. The maximum absolute atomic E-state index is 11.1. The van der Waals surface area contributed by atoms with Crippen molar-refractivity contribution in [2.45, 2.75) is 25.2 Å². The van der Waals surface area contributed by atoms with Crippen molar-refractivity contribution in [3.05, 3.63) is 0 Å². The lowest BCUT2D eigenvalue weighted by molar-refractivity contribution is -0.273. The molecule has 17 heavy (non-hydrogen) atoms. The zero-order chi connectivity index (χ0) is 14.9. The third kappa shape index (κ3) is 21.2. The van der Waals surface area contributed by atoms with Crippen molar-refractivity contribution in [2.24, 2.45) is 0 Å². The van der Waals surface area contributed by atoms with Crippen LogP contribution in [0.4, 0.5) is 39.5 Å². The molecule has 0 aliphatic carbocycles. The molecule has 0 bridgehead atoms. The first-order chi connectivity index (χ1) is 7.22. The smallest absolute Gasteiger partial charge is 0.388 e. The molecule has 0 aliphatic heterocycles. The molecular weight excluding hydrogens is 271 g/mol. The first-order valence-electron chi connectivity index (χ1n) is 3.70. The minimum absolute atomic E-state index is 0.188. The Morgan fingerprint density at radius 2 is 0.941 bits per heavy atom. The topological polar surface area (TPSA) is 9.23 Å². The molecule has 0 amide bonds. The van der Waals surface area contributed by atoms with Gasteiger partial charge in [0, 0.05) is 21.1 Å². The largest absolute Gasteiger partial charge is 0.452 e. The van der Waals surface area contributed by atoms with Gasteiger partial charge in [-0.1, -0.05) is 0 Å². The highest BCUT2D eigenvalue weighted by Crippen LogP contribution is 2.34. The van der Waals surface area contributed by atoms with Gasteiger partial charge in [0.1, 0.15) is 0 Å². The summed E-state index contributed by atoms with van der Waals surface area (Å²) < 4.78 is 100. The number of alkyl halides is 9. The molecule has 0 N–H and O–H groups in total. The molecule has 0 radical (unpaired) electrons. The summed E-state index contributed by atoms with van der Waals surface area (Å²) in [5, 5.41) is 0.